The van der Waals surface area contributed by atoms with Crippen molar-refractivity contribution in [1.29, 1.82) is 5.26 Å². The summed E-state index contributed by atoms with van der Waals surface area (Å²) in [6.45, 7) is 0. The third kappa shape index (κ3) is 2.71. The summed E-state index contributed by atoms with van der Waals surface area (Å²) in [5, 5.41) is 8.73. The molecule has 0 radical (unpaired) electrons. The maximum absolute atomic E-state index is 13.5. The van der Waals surface area contributed by atoms with Crippen molar-refractivity contribution in [2.24, 2.45) is 0 Å². The van der Waals surface area contributed by atoms with Gasteiger partial charge in [-0.1, -0.05) is 0 Å². The number of rotatable bonds is 2. The van der Waals surface area contributed by atoms with E-state index in [1.165, 1.54) is 6.20 Å². The zero-order valence-corrected chi connectivity index (χ0v) is 10.7. The van der Waals surface area contributed by atoms with E-state index >= 15 is 0 Å². The van der Waals surface area contributed by atoms with E-state index in [0.717, 1.165) is 18.2 Å². The predicted octanol–water partition coefficient (Wildman–Crippen LogP) is 3.58. The standard InChI is InChI=1S/C13H7BrF2N2/c14-11-4-8(7-18-13(11)6-17)3-9-5-10(15)1-2-12(9)16/h1-2,4-5,7H,3H2. The maximum Gasteiger partial charge on any atom is 0.154 e. The lowest BCUT2D eigenvalue weighted by Crippen LogP contribution is -1.96. The lowest BCUT2D eigenvalue weighted by Gasteiger charge is -2.04. The first-order valence-electron chi connectivity index (χ1n) is 5.08. The molecule has 0 N–H and O–H groups in total. The molecule has 1 aromatic heterocycles. The van der Waals surface area contributed by atoms with Gasteiger partial charge in [-0.3, -0.25) is 0 Å². The summed E-state index contributed by atoms with van der Waals surface area (Å²) in [6.07, 6.45) is 1.70. The van der Waals surface area contributed by atoms with E-state index in [1.807, 2.05) is 6.07 Å². The number of hydrogen-bond donors (Lipinski definition) is 0. The van der Waals surface area contributed by atoms with Gasteiger partial charge in [-0.15, -0.1) is 0 Å². The van der Waals surface area contributed by atoms with E-state index in [2.05, 4.69) is 20.9 Å². The highest BCUT2D eigenvalue weighted by atomic mass is 79.9. The first-order chi connectivity index (χ1) is 8.60. The van der Waals surface area contributed by atoms with E-state index in [-0.39, 0.29) is 17.7 Å². The zero-order valence-electron chi connectivity index (χ0n) is 9.12. The molecular formula is C13H7BrF2N2. The number of hydrogen-bond acceptors (Lipinski definition) is 2. The quantitative estimate of drug-likeness (QED) is 0.850. The van der Waals surface area contributed by atoms with E-state index in [4.69, 9.17) is 5.26 Å². The summed E-state index contributed by atoms with van der Waals surface area (Å²) >= 11 is 3.20. The summed E-state index contributed by atoms with van der Waals surface area (Å²) in [7, 11) is 0. The average Bonchev–Trinajstić information content (AvgIpc) is 2.34. The molecule has 0 saturated heterocycles. The Labute approximate surface area is 111 Å². The van der Waals surface area contributed by atoms with Gasteiger partial charge in [-0.05, 0) is 51.3 Å². The first kappa shape index (κ1) is 12.7. The van der Waals surface area contributed by atoms with Crippen LogP contribution in [0.5, 0.6) is 0 Å². The van der Waals surface area contributed by atoms with Crippen LogP contribution in [0, 0.1) is 23.0 Å². The minimum atomic E-state index is -0.480. The molecule has 0 spiro atoms. The molecule has 90 valence electrons. The van der Waals surface area contributed by atoms with Crippen LogP contribution in [-0.4, -0.2) is 4.98 Å². The van der Waals surface area contributed by atoms with Crippen LogP contribution < -0.4 is 0 Å². The Hall–Kier alpha value is -1.80. The molecule has 1 heterocycles. The molecule has 0 aliphatic heterocycles. The number of halogens is 3. The van der Waals surface area contributed by atoms with Crippen LogP contribution in [0.1, 0.15) is 16.8 Å². The second-order valence-electron chi connectivity index (χ2n) is 3.70. The molecule has 0 fully saturated rings. The fourth-order valence-corrected chi connectivity index (χ4v) is 2.04. The Kier molecular flexibility index (Phi) is 3.68. The van der Waals surface area contributed by atoms with Crippen molar-refractivity contribution in [3.63, 3.8) is 0 Å². The Morgan fingerprint density at radius 1 is 1.28 bits per heavy atom. The summed E-state index contributed by atoms with van der Waals surface area (Å²) in [5.74, 6) is -0.941. The van der Waals surface area contributed by atoms with Crippen molar-refractivity contribution in [2.45, 2.75) is 6.42 Å². The van der Waals surface area contributed by atoms with Gasteiger partial charge in [0.15, 0.2) is 5.69 Å². The first-order valence-corrected chi connectivity index (χ1v) is 5.88. The minimum Gasteiger partial charge on any atom is -0.244 e. The summed E-state index contributed by atoms with van der Waals surface area (Å²) in [4.78, 5) is 3.92. The van der Waals surface area contributed by atoms with Crippen molar-refractivity contribution in [3.8, 4) is 6.07 Å². The van der Waals surface area contributed by atoms with Gasteiger partial charge in [-0.25, -0.2) is 13.8 Å². The summed E-state index contributed by atoms with van der Waals surface area (Å²) in [5.41, 5.74) is 1.22. The number of aromatic nitrogens is 1. The van der Waals surface area contributed by atoms with Crippen molar-refractivity contribution < 1.29 is 8.78 Å². The number of nitriles is 1. The Balaban J connectivity index is 2.32. The zero-order chi connectivity index (χ0) is 13.1. The summed E-state index contributed by atoms with van der Waals surface area (Å²) in [6, 6.07) is 6.91. The molecule has 0 bridgehead atoms. The lowest BCUT2D eigenvalue weighted by atomic mass is 10.1. The second-order valence-corrected chi connectivity index (χ2v) is 4.55. The van der Waals surface area contributed by atoms with Gasteiger partial charge in [0.05, 0.1) is 4.47 Å². The maximum atomic E-state index is 13.5. The smallest absolute Gasteiger partial charge is 0.154 e. The van der Waals surface area contributed by atoms with Crippen molar-refractivity contribution in [2.75, 3.05) is 0 Å². The van der Waals surface area contributed by atoms with E-state index < -0.39 is 11.6 Å². The molecular weight excluding hydrogens is 302 g/mol. The summed E-state index contributed by atoms with van der Waals surface area (Å²) < 4.78 is 27.0. The molecule has 2 nitrogen and oxygen atoms in total. The lowest BCUT2D eigenvalue weighted by molar-refractivity contribution is 0.588. The highest BCUT2D eigenvalue weighted by Gasteiger charge is 2.07. The molecule has 5 heteroatoms. The van der Waals surface area contributed by atoms with Crippen molar-refractivity contribution in [3.05, 3.63) is 63.4 Å². The molecule has 0 saturated carbocycles. The fraction of sp³-hybridized carbons (Fsp3) is 0.0769. The molecule has 1 aromatic carbocycles. The molecule has 2 rings (SSSR count). The Morgan fingerprint density at radius 2 is 2.06 bits per heavy atom. The van der Waals surface area contributed by atoms with Gasteiger partial charge < -0.3 is 0 Å². The van der Waals surface area contributed by atoms with Crippen molar-refractivity contribution >= 4 is 15.9 Å². The molecule has 0 atom stereocenters. The van der Waals surface area contributed by atoms with Gasteiger partial charge >= 0.3 is 0 Å². The number of pyridine rings is 1. The van der Waals surface area contributed by atoms with Gasteiger partial charge in [0.2, 0.25) is 0 Å². The second kappa shape index (κ2) is 5.23. The molecule has 0 amide bonds. The number of benzene rings is 1. The van der Waals surface area contributed by atoms with Gasteiger partial charge in [0, 0.05) is 12.6 Å². The molecule has 0 aliphatic carbocycles. The van der Waals surface area contributed by atoms with E-state index in [1.54, 1.807) is 6.07 Å². The Morgan fingerprint density at radius 3 is 2.72 bits per heavy atom. The van der Waals surface area contributed by atoms with E-state index in [9.17, 15) is 8.78 Å². The highest BCUT2D eigenvalue weighted by molar-refractivity contribution is 9.10. The van der Waals surface area contributed by atoms with Crippen LogP contribution in [0.4, 0.5) is 8.78 Å². The van der Waals surface area contributed by atoms with Crippen LogP contribution >= 0.6 is 15.9 Å². The van der Waals surface area contributed by atoms with Crippen LogP contribution in [0.25, 0.3) is 0 Å². The minimum absolute atomic E-state index is 0.223. The molecule has 2 aromatic rings. The Bertz CT molecular complexity index is 635. The van der Waals surface area contributed by atoms with Gasteiger partial charge in [0.25, 0.3) is 0 Å². The van der Waals surface area contributed by atoms with Gasteiger partial charge in [-0.2, -0.15) is 5.26 Å². The fourth-order valence-electron chi connectivity index (χ4n) is 1.56. The largest absolute Gasteiger partial charge is 0.244 e. The third-order valence-electron chi connectivity index (χ3n) is 2.41. The highest BCUT2D eigenvalue weighted by Crippen LogP contribution is 2.19. The molecule has 0 unspecified atom stereocenters. The van der Waals surface area contributed by atoms with Crippen LogP contribution in [0.2, 0.25) is 0 Å². The van der Waals surface area contributed by atoms with Crippen LogP contribution in [0.3, 0.4) is 0 Å². The van der Waals surface area contributed by atoms with Gasteiger partial charge in [0.1, 0.15) is 17.7 Å². The number of nitrogens with zero attached hydrogens (tertiary/aromatic N) is 2. The van der Waals surface area contributed by atoms with E-state index in [0.29, 0.717) is 10.0 Å². The third-order valence-corrected chi connectivity index (χ3v) is 3.01. The molecule has 18 heavy (non-hydrogen) atoms. The topological polar surface area (TPSA) is 36.7 Å². The normalized spacial score (nSPS) is 10.1. The average molecular weight is 309 g/mol. The predicted molar refractivity (Wildman–Crippen MR) is 65.8 cm³/mol. The van der Waals surface area contributed by atoms with Crippen LogP contribution in [-0.2, 0) is 6.42 Å². The monoisotopic (exact) mass is 308 g/mol. The van der Waals surface area contributed by atoms with Crippen LogP contribution in [0.15, 0.2) is 34.9 Å². The molecule has 0 aliphatic rings. The SMILES string of the molecule is N#Cc1ncc(Cc2cc(F)ccc2F)cc1Br. The van der Waals surface area contributed by atoms with Crippen molar-refractivity contribution in [1.82, 2.24) is 4.98 Å².